The van der Waals surface area contributed by atoms with E-state index >= 15 is 0 Å². The molecule has 2 aromatic carbocycles. The monoisotopic (exact) mass is 363 g/mol. The summed E-state index contributed by atoms with van der Waals surface area (Å²) in [4.78, 5) is 17.1. The van der Waals surface area contributed by atoms with Gasteiger partial charge in [0.05, 0.1) is 17.2 Å². The van der Waals surface area contributed by atoms with Crippen molar-refractivity contribution in [3.63, 3.8) is 0 Å². The Morgan fingerprint density at radius 1 is 1.15 bits per heavy atom. The maximum absolute atomic E-state index is 12.6. The van der Waals surface area contributed by atoms with E-state index in [-0.39, 0.29) is 11.9 Å². The van der Waals surface area contributed by atoms with Crippen molar-refractivity contribution in [2.45, 2.75) is 39.3 Å². The second-order valence-corrected chi connectivity index (χ2v) is 7.47. The summed E-state index contributed by atoms with van der Waals surface area (Å²) < 4.78 is 0. The molecule has 3 rings (SSSR count). The van der Waals surface area contributed by atoms with Gasteiger partial charge in [0.15, 0.2) is 0 Å². The summed E-state index contributed by atoms with van der Waals surface area (Å²) in [5.41, 5.74) is 9.53. The van der Waals surface area contributed by atoms with Crippen LogP contribution in [0.25, 0.3) is 10.9 Å². The quantitative estimate of drug-likeness (QED) is 0.615. The molecule has 0 unspecified atom stereocenters. The van der Waals surface area contributed by atoms with Crippen LogP contribution >= 0.6 is 0 Å². The Hall–Kier alpha value is -2.92. The Labute approximate surface area is 159 Å². The number of anilines is 1. The van der Waals surface area contributed by atoms with Crippen LogP contribution in [0.15, 0.2) is 48.5 Å². The highest BCUT2D eigenvalue weighted by molar-refractivity contribution is 5.95. The average molecular weight is 363 g/mol. The minimum atomic E-state index is -0.920. The smallest absolute Gasteiger partial charge is 0.270 e. The summed E-state index contributed by atoms with van der Waals surface area (Å²) >= 11 is 0. The molecule has 1 amide bonds. The van der Waals surface area contributed by atoms with E-state index < -0.39 is 5.60 Å². The van der Waals surface area contributed by atoms with Gasteiger partial charge in [-0.25, -0.2) is 4.98 Å². The van der Waals surface area contributed by atoms with E-state index in [9.17, 15) is 9.90 Å². The van der Waals surface area contributed by atoms with Gasteiger partial charge in [-0.15, -0.1) is 0 Å². The molecule has 4 N–H and O–H groups in total. The van der Waals surface area contributed by atoms with Gasteiger partial charge in [0, 0.05) is 11.1 Å². The number of nitrogens with two attached hydrogens (primary N) is 1. The molecule has 27 heavy (non-hydrogen) atoms. The molecule has 1 aromatic heterocycles. The Balaban J connectivity index is 1.81. The maximum atomic E-state index is 12.6. The lowest BCUT2D eigenvalue weighted by atomic mass is 9.97. The number of hydrogen-bond donors (Lipinski definition) is 3. The summed E-state index contributed by atoms with van der Waals surface area (Å²) in [7, 11) is 0. The molecule has 0 radical (unpaired) electrons. The molecule has 0 bridgehead atoms. The predicted molar refractivity (Wildman–Crippen MR) is 108 cm³/mol. The van der Waals surface area contributed by atoms with Crippen LogP contribution in [0, 0.1) is 6.92 Å². The Morgan fingerprint density at radius 3 is 2.56 bits per heavy atom. The number of nitrogen functional groups attached to an aromatic ring is 1. The zero-order valence-corrected chi connectivity index (χ0v) is 16.1. The highest BCUT2D eigenvalue weighted by Gasteiger charge is 2.17. The number of nitrogens with zero attached hydrogens (tertiary/aromatic N) is 1. The van der Waals surface area contributed by atoms with Gasteiger partial charge in [-0.2, -0.15) is 0 Å². The third-order valence-electron chi connectivity index (χ3n) is 4.77. The largest absolute Gasteiger partial charge is 0.399 e. The van der Waals surface area contributed by atoms with Gasteiger partial charge in [0.25, 0.3) is 5.91 Å². The van der Waals surface area contributed by atoms with Crippen molar-refractivity contribution in [3.8, 4) is 0 Å². The van der Waals surface area contributed by atoms with Crippen LogP contribution in [-0.2, 0) is 5.60 Å². The van der Waals surface area contributed by atoms with E-state index in [0.717, 1.165) is 27.8 Å². The highest BCUT2D eigenvalue weighted by atomic mass is 16.3. The molecule has 1 heterocycles. The molecule has 0 fully saturated rings. The molecule has 140 valence electrons. The number of carbonyl (C=O) groups excluding carboxylic acids is 1. The number of rotatable bonds is 4. The number of pyridine rings is 1. The average Bonchev–Trinajstić information content (AvgIpc) is 2.62. The number of nitrogens with one attached hydrogen (secondary N) is 1. The van der Waals surface area contributed by atoms with E-state index in [1.807, 2.05) is 56.3 Å². The van der Waals surface area contributed by atoms with Crippen LogP contribution in [0.1, 0.15) is 54.0 Å². The Bertz CT molecular complexity index is 1010. The molecule has 0 spiro atoms. The second-order valence-electron chi connectivity index (χ2n) is 7.47. The van der Waals surface area contributed by atoms with Crippen LogP contribution in [-0.4, -0.2) is 16.0 Å². The van der Waals surface area contributed by atoms with Crippen LogP contribution in [0.4, 0.5) is 5.69 Å². The van der Waals surface area contributed by atoms with Gasteiger partial charge in [0.2, 0.25) is 0 Å². The third kappa shape index (κ3) is 4.09. The van der Waals surface area contributed by atoms with E-state index in [4.69, 9.17) is 5.73 Å². The molecule has 0 saturated heterocycles. The van der Waals surface area contributed by atoms with Gasteiger partial charge in [-0.1, -0.05) is 24.3 Å². The summed E-state index contributed by atoms with van der Waals surface area (Å²) in [5.74, 6) is -0.231. The van der Waals surface area contributed by atoms with Gasteiger partial charge >= 0.3 is 0 Å². The first kappa shape index (κ1) is 18.9. The topological polar surface area (TPSA) is 88.2 Å². The molecule has 0 aliphatic rings. The van der Waals surface area contributed by atoms with Crippen LogP contribution < -0.4 is 11.1 Å². The van der Waals surface area contributed by atoms with E-state index in [2.05, 4.69) is 10.3 Å². The molecule has 3 aromatic rings. The first-order chi connectivity index (χ1) is 12.6. The Kier molecular flexibility index (Phi) is 4.89. The van der Waals surface area contributed by atoms with Crippen molar-refractivity contribution in [1.29, 1.82) is 0 Å². The van der Waals surface area contributed by atoms with Crippen molar-refractivity contribution in [3.05, 3.63) is 70.9 Å². The number of benzene rings is 2. The molecule has 0 aliphatic carbocycles. The molecular formula is C22H25N3O2. The SMILES string of the molecule is Cc1cc([C@@H](C)NC(=O)c2ccc3cc(C(C)(C)O)ccc3n2)ccc1N. The fourth-order valence-electron chi connectivity index (χ4n) is 2.95. The minimum Gasteiger partial charge on any atom is -0.399 e. The summed E-state index contributed by atoms with van der Waals surface area (Å²) in [5, 5.41) is 14.0. The Morgan fingerprint density at radius 2 is 1.89 bits per heavy atom. The second kappa shape index (κ2) is 7.00. The van der Waals surface area contributed by atoms with Crippen molar-refractivity contribution >= 4 is 22.5 Å². The molecule has 0 aliphatic heterocycles. The molecule has 1 atom stereocenters. The van der Waals surface area contributed by atoms with Crippen LogP contribution in [0.2, 0.25) is 0 Å². The normalized spacial score (nSPS) is 12.8. The molecule has 5 heteroatoms. The van der Waals surface area contributed by atoms with Crippen molar-refractivity contribution in [1.82, 2.24) is 10.3 Å². The molecule has 0 saturated carbocycles. The van der Waals surface area contributed by atoms with Gasteiger partial charge in [-0.3, -0.25) is 4.79 Å². The number of fused-ring (bicyclic) bond motifs is 1. The lowest BCUT2D eigenvalue weighted by molar-refractivity contribution is 0.0787. The van der Waals surface area contributed by atoms with E-state index in [1.165, 1.54) is 0 Å². The van der Waals surface area contributed by atoms with Crippen molar-refractivity contribution in [2.24, 2.45) is 0 Å². The number of amides is 1. The maximum Gasteiger partial charge on any atom is 0.270 e. The number of hydrogen-bond acceptors (Lipinski definition) is 4. The lowest BCUT2D eigenvalue weighted by Gasteiger charge is -2.18. The van der Waals surface area contributed by atoms with Crippen LogP contribution in [0.3, 0.4) is 0 Å². The molecule has 5 nitrogen and oxygen atoms in total. The van der Waals surface area contributed by atoms with Gasteiger partial charge in [0.1, 0.15) is 5.69 Å². The van der Waals surface area contributed by atoms with E-state index in [0.29, 0.717) is 11.2 Å². The summed E-state index contributed by atoms with van der Waals surface area (Å²) in [6, 6.07) is 14.7. The van der Waals surface area contributed by atoms with Gasteiger partial charge in [-0.05, 0) is 68.7 Å². The highest BCUT2D eigenvalue weighted by Crippen LogP contribution is 2.24. The first-order valence-electron chi connectivity index (χ1n) is 8.96. The van der Waals surface area contributed by atoms with E-state index in [1.54, 1.807) is 19.9 Å². The predicted octanol–water partition coefficient (Wildman–Crippen LogP) is 3.84. The zero-order valence-electron chi connectivity index (χ0n) is 16.1. The van der Waals surface area contributed by atoms with Crippen LogP contribution in [0.5, 0.6) is 0 Å². The number of carbonyl (C=O) groups is 1. The number of aliphatic hydroxyl groups is 1. The summed E-state index contributed by atoms with van der Waals surface area (Å²) in [6.07, 6.45) is 0. The number of aryl methyl sites for hydroxylation is 1. The van der Waals surface area contributed by atoms with Crippen molar-refractivity contribution < 1.29 is 9.90 Å². The fourth-order valence-corrected chi connectivity index (χ4v) is 2.95. The zero-order chi connectivity index (χ0) is 19.8. The minimum absolute atomic E-state index is 0.160. The fraction of sp³-hybridized carbons (Fsp3) is 0.273. The summed E-state index contributed by atoms with van der Waals surface area (Å²) in [6.45, 7) is 7.35. The van der Waals surface area contributed by atoms with Gasteiger partial charge < -0.3 is 16.2 Å². The first-order valence-corrected chi connectivity index (χ1v) is 8.96. The molecular weight excluding hydrogens is 338 g/mol. The standard InChI is InChI=1S/C22H25N3O2/c1-13-11-15(5-8-18(13)23)14(2)24-21(26)20-9-6-16-12-17(22(3,4)27)7-10-19(16)25-20/h5-12,14,27H,23H2,1-4H3,(H,24,26)/t14-/m1/s1. The third-order valence-corrected chi connectivity index (χ3v) is 4.77. The van der Waals surface area contributed by atoms with Crippen molar-refractivity contribution in [2.75, 3.05) is 5.73 Å². The number of aromatic nitrogens is 1. The lowest BCUT2D eigenvalue weighted by Crippen LogP contribution is -2.27.